The molecule has 0 saturated heterocycles. The quantitative estimate of drug-likeness (QED) is 0.132. The Kier molecular flexibility index (Phi) is 10.9. The van der Waals surface area contributed by atoms with Crippen LogP contribution in [0.4, 0.5) is 0 Å². The van der Waals surface area contributed by atoms with Gasteiger partial charge in [0, 0.05) is 0 Å². The fraction of sp³-hybridized carbons (Fsp3) is 0.391. The van der Waals surface area contributed by atoms with Crippen molar-refractivity contribution in [2.45, 2.75) is 114 Å². The van der Waals surface area contributed by atoms with E-state index in [1.54, 1.807) is 0 Å². The van der Waals surface area contributed by atoms with Crippen molar-refractivity contribution in [2.75, 3.05) is 0 Å². The topological polar surface area (TPSA) is 0 Å². The van der Waals surface area contributed by atoms with Gasteiger partial charge in [-0.25, -0.2) is 0 Å². The van der Waals surface area contributed by atoms with E-state index in [9.17, 15) is 0 Å². The molecule has 4 aromatic rings. The van der Waals surface area contributed by atoms with E-state index in [4.69, 9.17) is 17.2 Å². The molecule has 4 heteroatoms. The Morgan fingerprint density at radius 2 is 0.980 bits per heavy atom. The zero-order valence-electron chi connectivity index (χ0n) is 32.2. The van der Waals surface area contributed by atoms with Gasteiger partial charge in [0.05, 0.1) is 0 Å². The Balaban J connectivity index is 1.63. The summed E-state index contributed by atoms with van der Waals surface area (Å²) in [6, 6.07) is 23.4. The van der Waals surface area contributed by atoms with Crippen LogP contribution in [0.3, 0.4) is 0 Å². The second-order valence-corrected chi connectivity index (χ2v) is 75.3. The molecular weight excluding hydrogens is 830 g/mol. The van der Waals surface area contributed by atoms with Gasteiger partial charge in [-0.1, -0.05) is 0 Å². The second kappa shape index (κ2) is 14.5. The Labute approximate surface area is 312 Å². The zero-order valence-corrected chi connectivity index (χ0v) is 38.4. The fourth-order valence-corrected chi connectivity index (χ4v) is 54.0. The summed E-state index contributed by atoms with van der Waals surface area (Å²) in [5, 5.41) is 0. The van der Waals surface area contributed by atoms with Gasteiger partial charge in [-0.3, -0.25) is 0 Å². The number of hydrogen-bond donors (Lipinski definition) is 0. The van der Waals surface area contributed by atoms with Gasteiger partial charge >= 0.3 is 315 Å². The molecule has 0 fully saturated rings. The van der Waals surface area contributed by atoms with Crippen LogP contribution >= 0.6 is 17.2 Å². The molecule has 50 heavy (non-hydrogen) atoms. The van der Waals surface area contributed by atoms with Crippen LogP contribution in [0.2, 0.25) is 13.1 Å². The van der Waals surface area contributed by atoms with Crippen molar-refractivity contribution in [2.24, 2.45) is 0 Å². The Morgan fingerprint density at radius 3 is 1.34 bits per heavy atom. The van der Waals surface area contributed by atoms with Crippen molar-refractivity contribution < 1.29 is 15.3 Å². The third-order valence-corrected chi connectivity index (χ3v) is 85.2. The van der Waals surface area contributed by atoms with E-state index in [0.717, 1.165) is 38.5 Å². The van der Waals surface area contributed by atoms with Crippen LogP contribution in [0.25, 0.3) is 34.4 Å². The van der Waals surface area contributed by atoms with Crippen LogP contribution in [0.5, 0.6) is 0 Å². The van der Waals surface area contributed by atoms with Gasteiger partial charge in [0.1, 0.15) is 0 Å². The molecule has 0 bridgehead atoms. The Hall–Kier alpha value is -1.97. The van der Waals surface area contributed by atoms with Crippen LogP contribution in [0.15, 0.2) is 71.8 Å². The maximum absolute atomic E-state index is 8.87. The third kappa shape index (κ3) is 6.27. The molecule has 263 valence electrons. The molecule has 2 unspecified atom stereocenters. The van der Waals surface area contributed by atoms with Crippen LogP contribution < -0.4 is 0 Å². The van der Waals surface area contributed by atoms with E-state index < -0.39 is 21.3 Å². The van der Waals surface area contributed by atoms with Crippen molar-refractivity contribution in [3.63, 3.8) is 0 Å². The normalized spacial score (nSPS) is 17.7. The molecule has 0 aliphatic heterocycles. The van der Waals surface area contributed by atoms with Gasteiger partial charge in [-0.15, -0.1) is 0 Å². The molecule has 0 spiro atoms. The number of allylic oxidation sites excluding steroid dienone is 2. The van der Waals surface area contributed by atoms with Crippen LogP contribution in [0, 0.1) is 41.5 Å². The first-order valence-corrected chi connectivity index (χ1v) is 41.3. The van der Waals surface area contributed by atoms with Gasteiger partial charge in [0.15, 0.2) is 0 Å². The molecule has 0 nitrogen and oxygen atoms in total. The number of fused-ring (bicyclic) bond motifs is 2. The fourth-order valence-electron chi connectivity index (χ4n) is 9.37. The van der Waals surface area contributed by atoms with E-state index in [2.05, 4.69) is 141 Å². The first-order valence-electron chi connectivity index (χ1n) is 19.1. The summed E-state index contributed by atoms with van der Waals surface area (Å²) < 4.78 is 0.254. The van der Waals surface area contributed by atoms with Gasteiger partial charge in [0.25, 0.3) is 0 Å². The molecule has 2 aliphatic carbocycles. The molecule has 6 rings (SSSR count). The Bertz CT molecular complexity index is 1890. The number of benzene rings is 4. The third-order valence-electron chi connectivity index (χ3n) is 12.4. The standard InChI is InChI=1S/2C22H25.C2H7Si.2ClH.Hf/c2*1-5-6-8-18-13-19-9-7-10-20(22(19)14-18)21-12-15(2)11-16(3)17(21)4;1-3-2;;;/h2*7,9-14H,5-6,8H2,1-4H3;3H,1-2H3;2*1H;/q;;;;;+2/p-2. The summed E-state index contributed by atoms with van der Waals surface area (Å²) in [4.78, 5) is 0. The number of halogens is 2. The van der Waals surface area contributed by atoms with Gasteiger partial charge in [-0.05, 0) is 0 Å². The Morgan fingerprint density at radius 1 is 0.580 bits per heavy atom. The number of rotatable bonds is 11. The van der Waals surface area contributed by atoms with Crippen LogP contribution in [-0.4, -0.2) is 5.98 Å². The SMILES string of the molecule is CCCCC1=Cc2c(-c3cc(C)cc(C)c3C)cccc2[CH]1[Hf]([Cl])([Cl])([CH]1C(CCCC)=Cc2c(-c3cc(C)cc(C)c3C)cccc21)[SiH](C)C. The van der Waals surface area contributed by atoms with Crippen molar-refractivity contribution >= 4 is 35.3 Å². The predicted molar refractivity (Wildman–Crippen MR) is 223 cm³/mol. The van der Waals surface area contributed by atoms with Crippen LogP contribution in [-0.2, 0) is 15.3 Å². The summed E-state index contributed by atoms with van der Waals surface area (Å²) in [7, 11) is 17.7. The monoisotopic (exact) mass is 887 g/mol. The second-order valence-electron chi connectivity index (χ2n) is 16.0. The zero-order chi connectivity index (χ0) is 36.1. The number of unbranched alkanes of at least 4 members (excludes halogenated alkanes) is 2. The van der Waals surface area contributed by atoms with E-state index in [-0.39, 0.29) is 7.35 Å². The summed E-state index contributed by atoms with van der Waals surface area (Å²) in [5.41, 5.74) is 21.9. The van der Waals surface area contributed by atoms with E-state index in [1.807, 2.05) is 0 Å². The van der Waals surface area contributed by atoms with Gasteiger partial charge < -0.3 is 0 Å². The van der Waals surface area contributed by atoms with Crippen LogP contribution in [0.1, 0.15) is 115 Å². The summed E-state index contributed by atoms with van der Waals surface area (Å²) in [6.45, 7) is 23.1. The minimum absolute atomic E-state index is 0.127. The van der Waals surface area contributed by atoms with E-state index in [0.29, 0.717) is 0 Å². The molecule has 0 aromatic heterocycles. The number of hydrogen-bond acceptors (Lipinski definition) is 0. The van der Waals surface area contributed by atoms with Crippen molar-refractivity contribution in [1.29, 1.82) is 0 Å². The van der Waals surface area contributed by atoms with Gasteiger partial charge in [0.2, 0.25) is 0 Å². The first-order chi connectivity index (χ1) is 23.7. The van der Waals surface area contributed by atoms with E-state index in [1.165, 1.54) is 89.0 Å². The summed E-state index contributed by atoms with van der Waals surface area (Å²) in [5.74, 6) is -1.65. The predicted octanol–water partition coefficient (Wildman–Crippen LogP) is 14.8. The van der Waals surface area contributed by atoms with Crippen molar-refractivity contribution in [3.8, 4) is 22.3 Å². The average Bonchev–Trinajstić information content (AvgIpc) is 3.65. The molecule has 0 radical (unpaired) electrons. The number of aryl methyl sites for hydroxylation is 4. The summed E-state index contributed by atoms with van der Waals surface area (Å²) >= 11 is -5.06. The molecule has 0 heterocycles. The molecule has 4 aromatic carbocycles. The molecule has 0 N–H and O–H groups in total. The molecular formula is C46H57Cl2HfSi. The summed E-state index contributed by atoms with van der Waals surface area (Å²) in [6.07, 6.45) is 11.9. The van der Waals surface area contributed by atoms with Crippen molar-refractivity contribution in [1.82, 2.24) is 0 Å². The molecule has 2 aliphatic rings. The van der Waals surface area contributed by atoms with Crippen molar-refractivity contribution in [3.05, 3.63) is 127 Å². The molecule has 0 amide bonds. The first kappa shape index (κ1) is 37.8. The van der Waals surface area contributed by atoms with Gasteiger partial charge in [-0.2, -0.15) is 0 Å². The molecule has 2 atom stereocenters. The maximum atomic E-state index is 8.87. The molecule has 0 saturated carbocycles. The van der Waals surface area contributed by atoms with E-state index >= 15 is 0 Å². The average molecular weight is 887 g/mol. The minimum atomic E-state index is -5.06.